The summed E-state index contributed by atoms with van der Waals surface area (Å²) in [7, 11) is 1.61. The van der Waals surface area contributed by atoms with E-state index in [9.17, 15) is 4.79 Å². The van der Waals surface area contributed by atoms with Crippen molar-refractivity contribution in [3.05, 3.63) is 64.9 Å². The zero-order chi connectivity index (χ0) is 19.1. The van der Waals surface area contributed by atoms with Crippen LogP contribution in [0.5, 0.6) is 5.75 Å². The van der Waals surface area contributed by atoms with Crippen LogP contribution in [0.1, 0.15) is 11.4 Å². The van der Waals surface area contributed by atoms with E-state index in [2.05, 4.69) is 15.5 Å². The molecule has 0 aliphatic rings. The molecule has 0 radical (unpaired) electrons. The highest BCUT2D eigenvalue weighted by molar-refractivity contribution is 7.99. The number of benzene rings is 2. The normalized spacial score (nSPS) is 10.6. The van der Waals surface area contributed by atoms with E-state index in [0.717, 1.165) is 11.3 Å². The Morgan fingerprint density at radius 3 is 2.93 bits per heavy atom. The SMILES string of the molecule is COc1cccc(CNC(=O)CSCc2noc(-c3ccccc3Cl)n2)c1. The standard InChI is InChI=1S/C19H18ClN3O3S/c1-25-14-6-4-5-13(9-14)10-21-18(24)12-27-11-17-22-19(26-23-17)15-7-2-3-8-16(15)20/h2-9H,10-12H2,1H3,(H,21,24). The highest BCUT2D eigenvalue weighted by Gasteiger charge is 2.12. The molecule has 0 atom stereocenters. The lowest BCUT2D eigenvalue weighted by Crippen LogP contribution is -2.24. The highest BCUT2D eigenvalue weighted by atomic mass is 35.5. The van der Waals surface area contributed by atoms with Crippen molar-refractivity contribution >= 4 is 29.3 Å². The summed E-state index contributed by atoms with van der Waals surface area (Å²) in [5.41, 5.74) is 1.68. The molecule has 0 bridgehead atoms. The van der Waals surface area contributed by atoms with Crippen LogP contribution in [0.15, 0.2) is 53.1 Å². The fraction of sp³-hybridized carbons (Fsp3) is 0.211. The van der Waals surface area contributed by atoms with Crippen LogP contribution in [0.25, 0.3) is 11.5 Å². The lowest BCUT2D eigenvalue weighted by molar-refractivity contribution is -0.118. The summed E-state index contributed by atoms with van der Waals surface area (Å²) in [6, 6.07) is 14.9. The Bertz CT molecular complexity index is 916. The van der Waals surface area contributed by atoms with Gasteiger partial charge in [-0.3, -0.25) is 4.79 Å². The Balaban J connectivity index is 1.44. The Labute approximate surface area is 166 Å². The van der Waals surface area contributed by atoms with Crippen molar-refractivity contribution in [3.8, 4) is 17.2 Å². The first-order valence-corrected chi connectivity index (χ1v) is 9.74. The third kappa shape index (κ3) is 5.48. The first-order chi connectivity index (χ1) is 13.2. The summed E-state index contributed by atoms with van der Waals surface area (Å²) in [6.45, 7) is 0.454. The van der Waals surface area contributed by atoms with Crippen LogP contribution in [0.4, 0.5) is 0 Å². The van der Waals surface area contributed by atoms with E-state index in [1.165, 1.54) is 11.8 Å². The van der Waals surface area contributed by atoms with E-state index < -0.39 is 0 Å². The molecule has 6 nitrogen and oxygen atoms in total. The van der Waals surface area contributed by atoms with E-state index >= 15 is 0 Å². The first kappa shape index (κ1) is 19.3. The number of nitrogens with one attached hydrogen (secondary N) is 1. The Morgan fingerprint density at radius 1 is 1.26 bits per heavy atom. The number of thioether (sulfide) groups is 1. The molecule has 27 heavy (non-hydrogen) atoms. The molecule has 1 heterocycles. The number of carbonyl (C=O) groups excluding carboxylic acids is 1. The number of nitrogens with zero attached hydrogens (tertiary/aromatic N) is 2. The summed E-state index contributed by atoms with van der Waals surface area (Å²) < 4.78 is 10.4. The number of carbonyl (C=O) groups is 1. The second-order valence-electron chi connectivity index (χ2n) is 5.62. The van der Waals surface area contributed by atoms with E-state index in [4.69, 9.17) is 20.9 Å². The van der Waals surface area contributed by atoms with Gasteiger partial charge in [-0.2, -0.15) is 4.98 Å². The maximum Gasteiger partial charge on any atom is 0.259 e. The molecule has 1 N–H and O–H groups in total. The summed E-state index contributed by atoms with van der Waals surface area (Å²) in [5, 5.41) is 7.36. The van der Waals surface area contributed by atoms with Gasteiger partial charge in [0, 0.05) is 6.54 Å². The molecule has 8 heteroatoms. The largest absolute Gasteiger partial charge is 0.497 e. The third-order valence-corrected chi connectivity index (χ3v) is 4.92. The predicted octanol–water partition coefficient (Wildman–Crippen LogP) is 3.95. The number of hydrogen-bond donors (Lipinski definition) is 1. The van der Waals surface area contributed by atoms with Crippen LogP contribution in [0, 0.1) is 0 Å². The van der Waals surface area contributed by atoms with Gasteiger partial charge in [0.2, 0.25) is 5.91 Å². The maximum absolute atomic E-state index is 12.0. The minimum Gasteiger partial charge on any atom is -0.497 e. The molecule has 1 aromatic heterocycles. The van der Waals surface area contributed by atoms with E-state index in [-0.39, 0.29) is 5.91 Å². The molecule has 0 spiro atoms. The fourth-order valence-corrected chi connectivity index (χ4v) is 3.23. The molecule has 0 unspecified atom stereocenters. The topological polar surface area (TPSA) is 77.2 Å². The molecule has 1 amide bonds. The molecule has 0 aliphatic carbocycles. The minimum atomic E-state index is -0.0577. The van der Waals surface area contributed by atoms with Gasteiger partial charge in [0.15, 0.2) is 5.82 Å². The van der Waals surface area contributed by atoms with Crippen LogP contribution >= 0.6 is 23.4 Å². The molecule has 2 aromatic carbocycles. The smallest absolute Gasteiger partial charge is 0.259 e. The van der Waals surface area contributed by atoms with Crippen LogP contribution in [-0.2, 0) is 17.1 Å². The Morgan fingerprint density at radius 2 is 2.11 bits per heavy atom. The monoisotopic (exact) mass is 403 g/mol. The quantitative estimate of drug-likeness (QED) is 0.613. The lowest BCUT2D eigenvalue weighted by atomic mass is 10.2. The molecular formula is C19H18ClN3O3S. The van der Waals surface area contributed by atoms with Crippen molar-refractivity contribution in [2.24, 2.45) is 0 Å². The zero-order valence-electron chi connectivity index (χ0n) is 14.6. The fourth-order valence-electron chi connectivity index (χ4n) is 2.33. The summed E-state index contributed by atoms with van der Waals surface area (Å²) in [6.07, 6.45) is 0. The van der Waals surface area contributed by atoms with Gasteiger partial charge in [-0.1, -0.05) is 41.0 Å². The Hall–Kier alpha value is -2.51. The van der Waals surface area contributed by atoms with Crippen molar-refractivity contribution < 1.29 is 14.1 Å². The van der Waals surface area contributed by atoms with Gasteiger partial charge in [-0.25, -0.2) is 0 Å². The summed E-state index contributed by atoms with van der Waals surface area (Å²) in [5.74, 6) is 2.38. The highest BCUT2D eigenvalue weighted by Crippen LogP contribution is 2.26. The van der Waals surface area contributed by atoms with Gasteiger partial charge in [-0.05, 0) is 29.8 Å². The summed E-state index contributed by atoms with van der Waals surface area (Å²) in [4.78, 5) is 16.3. The van der Waals surface area contributed by atoms with Crippen LogP contribution in [0.3, 0.4) is 0 Å². The second-order valence-corrected chi connectivity index (χ2v) is 7.01. The molecule has 140 valence electrons. The molecule has 3 rings (SSSR count). The number of methoxy groups -OCH3 is 1. The number of ether oxygens (including phenoxy) is 1. The van der Waals surface area contributed by atoms with Crippen LogP contribution < -0.4 is 10.1 Å². The maximum atomic E-state index is 12.0. The second kappa shape index (κ2) is 9.43. The molecule has 0 saturated heterocycles. The minimum absolute atomic E-state index is 0.0577. The first-order valence-electron chi connectivity index (χ1n) is 8.20. The predicted molar refractivity (Wildman–Crippen MR) is 106 cm³/mol. The third-order valence-electron chi connectivity index (χ3n) is 3.66. The van der Waals surface area contributed by atoms with E-state index in [0.29, 0.717) is 40.4 Å². The lowest BCUT2D eigenvalue weighted by Gasteiger charge is -2.06. The Kier molecular flexibility index (Phi) is 6.73. The van der Waals surface area contributed by atoms with Gasteiger partial charge >= 0.3 is 0 Å². The van der Waals surface area contributed by atoms with Gasteiger partial charge in [0.1, 0.15) is 5.75 Å². The molecule has 0 fully saturated rings. The van der Waals surface area contributed by atoms with E-state index in [1.807, 2.05) is 42.5 Å². The molecule has 0 saturated carbocycles. The van der Waals surface area contributed by atoms with Crippen molar-refractivity contribution in [1.82, 2.24) is 15.5 Å². The zero-order valence-corrected chi connectivity index (χ0v) is 16.2. The van der Waals surface area contributed by atoms with E-state index in [1.54, 1.807) is 13.2 Å². The van der Waals surface area contributed by atoms with Gasteiger partial charge in [-0.15, -0.1) is 11.8 Å². The molecule has 3 aromatic rings. The molecular weight excluding hydrogens is 386 g/mol. The van der Waals surface area contributed by atoms with Crippen molar-refractivity contribution in [1.29, 1.82) is 0 Å². The number of hydrogen-bond acceptors (Lipinski definition) is 6. The number of rotatable bonds is 8. The van der Waals surface area contributed by atoms with Crippen LogP contribution in [0.2, 0.25) is 5.02 Å². The number of aromatic nitrogens is 2. The van der Waals surface area contributed by atoms with Crippen molar-refractivity contribution in [3.63, 3.8) is 0 Å². The average Bonchev–Trinajstić information content (AvgIpc) is 3.15. The van der Waals surface area contributed by atoms with Gasteiger partial charge < -0.3 is 14.6 Å². The number of halogens is 1. The van der Waals surface area contributed by atoms with Crippen molar-refractivity contribution in [2.45, 2.75) is 12.3 Å². The van der Waals surface area contributed by atoms with Gasteiger partial charge in [0.25, 0.3) is 5.89 Å². The van der Waals surface area contributed by atoms with Gasteiger partial charge in [0.05, 0.1) is 29.2 Å². The molecule has 0 aliphatic heterocycles. The van der Waals surface area contributed by atoms with Crippen molar-refractivity contribution in [2.75, 3.05) is 12.9 Å². The summed E-state index contributed by atoms with van der Waals surface area (Å²) >= 11 is 7.54. The average molecular weight is 404 g/mol. The van der Waals surface area contributed by atoms with Crippen LogP contribution in [-0.4, -0.2) is 28.9 Å². The number of amides is 1.